The third-order valence-corrected chi connectivity index (χ3v) is 2.78. The first kappa shape index (κ1) is 10.3. The van der Waals surface area contributed by atoms with E-state index in [4.69, 9.17) is 8.83 Å². The number of carbonyl (C=O) groups excluding carboxylic acids is 1. The number of ketones is 1. The number of hydrogen-bond acceptors (Lipinski definition) is 5. The second-order valence-corrected chi connectivity index (χ2v) is 4.21. The van der Waals surface area contributed by atoms with Gasteiger partial charge in [0.1, 0.15) is 11.5 Å². The lowest BCUT2D eigenvalue weighted by molar-refractivity contribution is 0.0838. The van der Waals surface area contributed by atoms with Crippen LogP contribution in [0.3, 0.4) is 0 Å². The van der Waals surface area contributed by atoms with Gasteiger partial charge in [0.2, 0.25) is 0 Å². The highest BCUT2D eigenvalue weighted by molar-refractivity contribution is 5.99. The molecule has 0 amide bonds. The topological polar surface area (TPSA) is 76.5 Å². The quantitative estimate of drug-likeness (QED) is 0.811. The van der Waals surface area contributed by atoms with Crippen molar-refractivity contribution in [1.82, 2.24) is 4.98 Å². The fourth-order valence-electron chi connectivity index (χ4n) is 2.00. The molecule has 1 aliphatic carbocycles. The average molecular weight is 233 g/mol. The SMILES string of the molecule is Cc1cnc(-c2cc3c(o2)CC(O)CC3=O)o1. The second-order valence-electron chi connectivity index (χ2n) is 4.21. The Hall–Kier alpha value is -1.88. The van der Waals surface area contributed by atoms with Crippen molar-refractivity contribution in [2.45, 2.75) is 25.9 Å². The van der Waals surface area contributed by atoms with E-state index in [1.165, 1.54) is 0 Å². The summed E-state index contributed by atoms with van der Waals surface area (Å²) in [5.74, 6) is 1.89. The van der Waals surface area contributed by atoms with Crippen LogP contribution in [0.5, 0.6) is 0 Å². The Morgan fingerprint density at radius 2 is 2.24 bits per heavy atom. The first-order valence-electron chi connectivity index (χ1n) is 5.40. The number of oxazole rings is 1. The van der Waals surface area contributed by atoms with Crippen LogP contribution in [0, 0.1) is 6.92 Å². The summed E-state index contributed by atoms with van der Waals surface area (Å²) in [7, 11) is 0. The number of rotatable bonds is 1. The molecule has 5 nitrogen and oxygen atoms in total. The Kier molecular flexibility index (Phi) is 2.16. The summed E-state index contributed by atoms with van der Waals surface area (Å²) >= 11 is 0. The Labute approximate surface area is 97.1 Å². The molecule has 1 N–H and O–H groups in total. The molecule has 0 aromatic carbocycles. The summed E-state index contributed by atoms with van der Waals surface area (Å²) in [6.07, 6.45) is 1.45. The van der Waals surface area contributed by atoms with Crippen LogP contribution < -0.4 is 0 Å². The molecule has 1 unspecified atom stereocenters. The summed E-state index contributed by atoms with van der Waals surface area (Å²) in [4.78, 5) is 15.7. The van der Waals surface area contributed by atoms with E-state index in [1.807, 2.05) is 0 Å². The van der Waals surface area contributed by atoms with Crippen molar-refractivity contribution in [3.05, 3.63) is 29.3 Å². The Bertz CT molecular complexity index is 581. The zero-order chi connectivity index (χ0) is 12.0. The van der Waals surface area contributed by atoms with Crippen LogP contribution in [-0.4, -0.2) is 22.0 Å². The molecule has 2 aromatic heterocycles. The van der Waals surface area contributed by atoms with Gasteiger partial charge in [-0.25, -0.2) is 4.98 Å². The zero-order valence-corrected chi connectivity index (χ0v) is 9.27. The predicted octanol–water partition coefficient (Wildman–Crippen LogP) is 1.73. The summed E-state index contributed by atoms with van der Waals surface area (Å²) in [6.45, 7) is 1.79. The van der Waals surface area contributed by atoms with Gasteiger partial charge in [-0.3, -0.25) is 4.79 Å². The first-order valence-corrected chi connectivity index (χ1v) is 5.40. The number of Topliss-reactive ketones (excluding diaryl/α,β-unsaturated/α-hetero) is 1. The number of hydrogen-bond donors (Lipinski definition) is 1. The maximum atomic E-state index is 11.7. The number of nitrogens with zero attached hydrogens (tertiary/aromatic N) is 1. The number of carbonyl (C=O) groups is 1. The standard InChI is InChI=1S/C12H11NO4/c1-6-5-13-12(16-6)11-4-8-9(15)2-7(14)3-10(8)17-11/h4-5,7,14H,2-3H2,1H3. The van der Waals surface area contributed by atoms with Gasteiger partial charge in [0.05, 0.1) is 17.9 Å². The van der Waals surface area contributed by atoms with Gasteiger partial charge in [-0.2, -0.15) is 0 Å². The van der Waals surface area contributed by atoms with E-state index in [2.05, 4.69) is 4.98 Å². The second kappa shape index (κ2) is 3.56. The third-order valence-electron chi connectivity index (χ3n) is 2.78. The molecule has 1 atom stereocenters. The van der Waals surface area contributed by atoms with Gasteiger partial charge in [0.25, 0.3) is 5.89 Å². The molecule has 0 bridgehead atoms. The van der Waals surface area contributed by atoms with Gasteiger partial charge in [-0.1, -0.05) is 0 Å². The lowest BCUT2D eigenvalue weighted by atomic mass is 9.95. The van der Waals surface area contributed by atoms with Gasteiger partial charge in [0.15, 0.2) is 11.5 Å². The number of aromatic nitrogens is 1. The fraction of sp³-hybridized carbons (Fsp3) is 0.333. The molecule has 2 heterocycles. The lowest BCUT2D eigenvalue weighted by Gasteiger charge is -2.13. The van der Waals surface area contributed by atoms with Crippen molar-refractivity contribution in [1.29, 1.82) is 0 Å². The normalized spacial score (nSPS) is 19.4. The van der Waals surface area contributed by atoms with Gasteiger partial charge in [-0.05, 0) is 6.92 Å². The minimum atomic E-state index is -0.653. The molecule has 3 rings (SSSR count). The van der Waals surface area contributed by atoms with Crippen molar-refractivity contribution in [2.24, 2.45) is 0 Å². The van der Waals surface area contributed by atoms with E-state index in [0.717, 1.165) is 0 Å². The van der Waals surface area contributed by atoms with Crippen LogP contribution >= 0.6 is 0 Å². The van der Waals surface area contributed by atoms with Crippen LogP contribution in [0.2, 0.25) is 0 Å². The average Bonchev–Trinajstić information content (AvgIpc) is 2.83. The highest BCUT2D eigenvalue weighted by Gasteiger charge is 2.28. The van der Waals surface area contributed by atoms with Crippen LogP contribution in [0.25, 0.3) is 11.7 Å². The Balaban J connectivity index is 2.05. The highest BCUT2D eigenvalue weighted by Crippen LogP contribution is 2.30. The fourth-order valence-corrected chi connectivity index (χ4v) is 2.00. The maximum absolute atomic E-state index is 11.7. The summed E-state index contributed by atoms with van der Waals surface area (Å²) in [6, 6.07) is 1.63. The molecule has 0 fully saturated rings. The molecule has 0 saturated carbocycles. The molecule has 1 aliphatic rings. The molecule has 0 radical (unpaired) electrons. The monoisotopic (exact) mass is 233 g/mol. The van der Waals surface area contributed by atoms with Crippen LogP contribution in [0.15, 0.2) is 21.1 Å². The van der Waals surface area contributed by atoms with Gasteiger partial charge < -0.3 is 13.9 Å². The van der Waals surface area contributed by atoms with Gasteiger partial charge >= 0.3 is 0 Å². The number of aliphatic hydroxyl groups is 1. The van der Waals surface area contributed by atoms with Crippen molar-refractivity contribution in [2.75, 3.05) is 0 Å². The van der Waals surface area contributed by atoms with E-state index < -0.39 is 6.10 Å². The Morgan fingerprint density at radius 1 is 1.41 bits per heavy atom. The molecular weight excluding hydrogens is 222 g/mol. The molecular formula is C12H11NO4. The smallest absolute Gasteiger partial charge is 0.263 e. The van der Waals surface area contributed by atoms with Crippen LogP contribution in [-0.2, 0) is 6.42 Å². The molecule has 17 heavy (non-hydrogen) atoms. The molecule has 88 valence electrons. The van der Waals surface area contributed by atoms with E-state index in [0.29, 0.717) is 35.2 Å². The van der Waals surface area contributed by atoms with Crippen molar-refractivity contribution < 1.29 is 18.7 Å². The highest BCUT2D eigenvalue weighted by atomic mass is 16.4. The van der Waals surface area contributed by atoms with Gasteiger partial charge in [-0.15, -0.1) is 0 Å². The zero-order valence-electron chi connectivity index (χ0n) is 9.27. The largest absolute Gasteiger partial charge is 0.455 e. The summed E-state index contributed by atoms with van der Waals surface area (Å²) < 4.78 is 10.8. The number of aryl methyl sites for hydroxylation is 1. The summed E-state index contributed by atoms with van der Waals surface area (Å²) in [5, 5.41) is 9.49. The minimum absolute atomic E-state index is 0.1000. The molecule has 2 aromatic rings. The summed E-state index contributed by atoms with van der Waals surface area (Å²) in [5.41, 5.74) is 0.529. The van der Waals surface area contributed by atoms with E-state index in [9.17, 15) is 9.90 Å². The van der Waals surface area contributed by atoms with Crippen molar-refractivity contribution >= 4 is 5.78 Å². The minimum Gasteiger partial charge on any atom is -0.455 e. The van der Waals surface area contributed by atoms with E-state index in [1.54, 1.807) is 19.2 Å². The number of furan rings is 1. The number of aliphatic hydroxyl groups excluding tert-OH is 1. The van der Waals surface area contributed by atoms with Crippen molar-refractivity contribution in [3.63, 3.8) is 0 Å². The molecule has 0 saturated heterocycles. The van der Waals surface area contributed by atoms with E-state index >= 15 is 0 Å². The van der Waals surface area contributed by atoms with Crippen LogP contribution in [0.1, 0.15) is 28.3 Å². The Morgan fingerprint density at radius 3 is 2.94 bits per heavy atom. The van der Waals surface area contributed by atoms with Gasteiger partial charge in [0, 0.05) is 18.9 Å². The molecule has 0 spiro atoms. The third kappa shape index (κ3) is 1.68. The molecule has 5 heteroatoms. The maximum Gasteiger partial charge on any atom is 0.263 e. The predicted molar refractivity (Wildman–Crippen MR) is 57.6 cm³/mol. The van der Waals surface area contributed by atoms with Crippen molar-refractivity contribution in [3.8, 4) is 11.7 Å². The first-order chi connectivity index (χ1) is 8.13. The van der Waals surface area contributed by atoms with Crippen LogP contribution in [0.4, 0.5) is 0 Å². The van der Waals surface area contributed by atoms with E-state index in [-0.39, 0.29) is 12.2 Å². The number of fused-ring (bicyclic) bond motifs is 1. The molecule has 0 aliphatic heterocycles. The lowest BCUT2D eigenvalue weighted by Crippen LogP contribution is -2.22.